The quantitative estimate of drug-likeness (QED) is 0.355. The van der Waals surface area contributed by atoms with Crippen LogP contribution in [-0.4, -0.2) is 34.0 Å². The Hall–Kier alpha value is -3.93. The number of hydrogen-bond donors (Lipinski definition) is 0. The van der Waals surface area contributed by atoms with Gasteiger partial charge in [-0.1, -0.05) is 44.2 Å². The lowest BCUT2D eigenvalue weighted by atomic mass is 10.1. The monoisotopic (exact) mass is 469 g/mol. The number of carbonyl (C=O) groups excluding carboxylic acids is 1. The van der Waals surface area contributed by atoms with Crippen LogP contribution < -0.4 is 10.3 Å². The molecule has 35 heavy (non-hydrogen) atoms. The number of nitrogens with zero attached hydrogens (tertiary/aromatic N) is 3. The number of fused-ring (bicyclic) bond motifs is 1. The minimum Gasteiger partial charge on any atom is -0.497 e. The first-order valence-electron chi connectivity index (χ1n) is 11.8. The smallest absolute Gasteiger partial charge is 0.266 e. The summed E-state index contributed by atoms with van der Waals surface area (Å²) in [6.07, 6.45) is 0. The van der Waals surface area contributed by atoms with Gasteiger partial charge in [-0.25, -0.2) is 4.98 Å². The number of carbonyl (C=O) groups is 1. The third-order valence-corrected chi connectivity index (χ3v) is 6.16. The second kappa shape index (κ2) is 10.1. The summed E-state index contributed by atoms with van der Waals surface area (Å²) < 4.78 is 6.91. The highest BCUT2D eigenvalue weighted by Gasteiger charge is 2.28. The third-order valence-electron chi connectivity index (χ3n) is 6.16. The van der Waals surface area contributed by atoms with Crippen LogP contribution in [0.5, 0.6) is 5.75 Å². The van der Waals surface area contributed by atoms with Crippen molar-refractivity contribution in [2.24, 2.45) is 5.92 Å². The number of rotatable bonds is 7. The average Bonchev–Trinajstić information content (AvgIpc) is 2.87. The fraction of sp³-hybridized carbons (Fsp3) is 0.276. The summed E-state index contributed by atoms with van der Waals surface area (Å²) in [5, 5.41) is 0.545. The number of methoxy groups -OCH3 is 1. The lowest BCUT2D eigenvalue weighted by molar-refractivity contribution is 0.0655. The topological polar surface area (TPSA) is 64.4 Å². The molecule has 0 aliphatic carbocycles. The maximum atomic E-state index is 13.8. The Morgan fingerprint density at radius 3 is 2.29 bits per heavy atom. The van der Waals surface area contributed by atoms with Crippen LogP contribution in [0.4, 0.5) is 0 Å². The first kappa shape index (κ1) is 24.2. The molecular weight excluding hydrogens is 438 g/mol. The number of benzene rings is 3. The first-order chi connectivity index (χ1) is 16.8. The van der Waals surface area contributed by atoms with Crippen LogP contribution >= 0.6 is 0 Å². The van der Waals surface area contributed by atoms with E-state index in [4.69, 9.17) is 9.72 Å². The van der Waals surface area contributed by atoms with Gasteiger partial charge in [0.05, 0.1) is 29.7 Å². The molecule has 6 heteroatoms. The van der Waals surface area contributed by atoms with E-state index >= 15 is 0 Å². The lowest BCUT2D eigenvalue weighted by Crippen LogP contribution is -2.39. The fourth-order valence-electron chi connectivity index (χ4n) is 4.33. The molecule has 3 aromatic carbocycles. The molecule has 0 radical (unpaired) electrons. The molecule has 0 saturated carbocycles. The highest BCUT2D eigenvalue weighted by molar-refractivity contribution is 5.94. The minimum atomic E-state index is -0.455. The molecule has 4 rings (SSSR count). The molecule has 4 aromatic rings. The molecule has 0 N–H and O–H groups in total. The number of hydrogen-bond acceptors (Lipinski definition) is 4. The molecule has 1 amide bonds. The maximum Gasteiger partial charge on any atom is 0.266 e. The molecule has 0 aliphatic heterocycles. The molecule has 6 nitrogen and oxygen atoms in total. The summed E-state index contributed by atoms with van der Waals surface area (Å²) in [6, 6.07) is 21.7. The van der Waals surface area contributed by atoms with Crippen LogP contribution in [0.2, 0.25) is 0 Å². The molecule has 0 spiro atoms. The lowest BCUT2D eigenvalue weighted by Gasteiger charge is -2.32. The van der Waals surface area contributed by atoms with Gasteiger partial charge in [0, 0.05) is 12.1 Å². The predicted octanol–water partition coefficient (Wildman–Crippen LogP) is 5.56. The van der Waals surface area contributed by atoms with Gasteiger partial charge in [-0.3, -0.25) is 14.2 Å². The number of ether oxygens (including phenoxy) is 1. The molecule has 1 unspecified atom stereocenters. The van der Waals surface area contributed by atoms with Crippen molar-refractivity contribution < 1.29 is 9.53 Å². The van der Waals surface area contributed by atoms with Crippen molar-refractivity contribution >= 4 is 16.8 Å². The Labute approximate surface area is 205 Å². The number of para-hydroxylation sites is 2. The van der Waals surface area contributed by atoms with E-state index in [0.29, 0.717) is 34.6 Å². The van der Waals surface area contributed by atoms with Gasteiger partial charge in [-0.05, 0) is 67.8 Å². The van der Waals surface area contributed by atoms with Crippen molar-refractivity contribution in [2.75, 3.05) is 13.7 Å². The Bertz CT molecular complexity index is 1410. The van der Waals surface area contributed by atoms with Crippen molar-refractivity contribution in [3.63, 3.8) is 0 Å². The fourth-order valence-corrected chi connectivity index (χ4v) is 4.33. The molecule has 0 aliphatic rings. The Balaban J connectivity index is 1.90. The Kier molecular flexibility index (Phi) is 7.01. The van der Waals surface area contributed by atoms with Crippen molar-refractivity contribution in [3.05, 3.63) is 100 Å². The van der Waals surface area contributed by atoms with Crippen LogP contribution in [0.15, 0.2) is 77.6 Å². The van der Waals surface area contributed by atoms with E-state index in [1.165, 1.54) is 0 Å². The van der Waals surface area contributed by atoms with E-state index in [0.717, 1.165) is 11.3 Å². The summed E-state index contributed by atoms with van der Waals surface area (Å²) in [5.41, 5.74) is 2.75. The van der Waals surface area contributed by atoms with Gasteiger partial charge in [-0.15, -0.1) is 0 Å². The van der Waals surface area contributed by atoms with Crippen LogP contribution in [-0.2, 0) is 0 Å². The van der Waals surface area contributed by atoms with E-state index in [9.17, 15) is 9.59 Å². The van der Waals surface area contributed by atoms with E-state index in [1.54, 1.807) is 46.9 Å². The van der Waals surface area contributed by atoms with E-state index < -0.39 is 6.04 Å². The van der Waals surface area contributed by atoms with Crippen molar-refractivity contribution in [1.82, 2.24) is 14.5 Å². The van der Waals surface area contributed by atoms with Gasteiger partial charge >= 0.3 is 0 Å². The number of amides is 1. The van der Waals surface area contributed by atoms with Crippen LogP contribution in [0.1, 0.15) is 48.6 Å². The minimum absolute atomic E-state index is 0.118. The normalized spacial score (nSPS) is 12.1. The van der Waals surface area contributed by atoms with Crippen molar-refractivity contribution in [3.8, 4) is 11.4 Å². The summed E-state index contributed by atoms with van der Waals surface area (Å²) >= 11 is 0. The summed E-state index contributed by atoms with van der Waals surface area (Å²) in [4.78, 5) is 34.2. The Morgan fingerprint density at radius 2 is 1.63 bits per heavy atom. The predicted molar refractivity (Wildman–Crippen MR) is 139 cm³/mol. The molecule has 1 aromatic heterocycles. The average molecular weight is 470 g/mol. The third kappa shape index (κ3) is 4.83. The van der Waals surface area contributed by atoms with Crippen molar-refractivity contribution in [2.45, 2.75) is 33.7 Å². The highest BCUT2D eigenvalue weighted by atomic mass is 16.5. The van der Waals surface area contributed by atoms with Crippen molar-refractivity contribution in [1.29, 1.82) is 0 Å². The van der Waals surface area contributed by atoms with Gasteiger partial charge in [0.1, 0.15) is 11.6 Å². The van der Waals surface area contributed by atoms with Gasteiger partial charge in [-0.2, -0.15) is 0 Å². The first-order valence-corrected chi connectivity index (χ1v) is 11.8. The second-order valence-corrected chi connectivity index (χ2v) is 9.17. The summed E-state index contributed by atoms with van der Waals surface area (Å²) in [6.45, 7) is 8.57. The van der Waals surface area contributed by atoms with E-state index in [-0.39, 0.29) is 17.4 Å². The van der Waals surface area contributed by atoms with Gasteiger partial charge in [0.2, 0.25) is 0 Å². The molecule has 1 heterocycles. The molecule has 1 atom stereocenters. The molecule has 0 bridgehead atoms. The highest BCUT2D eigenvalue weighted by Crippen LogP contribution is 2.27. The maximum absolute atomic E-state index is 13.8. The summed E-state index contributed by atoms with van der Waals surface area (Å²) in [5.74, 6) is 1.33. The van der Waals surface area contributed by atoms with Crippen LogP contribution in [0.25, 0.3) is 16.6 Å². The Morgan fingerprint density at radius 1 is 0.971 bits per heavy atom. The van der Waals surface area contributed by atoms with Gasteiger partial charge in [0.15, 0.2) is 0 Å². The van der Waals surface area contributed by atoms with Crippen LogP contribution in [0, 0.1) is 12.8 Å². The molecule has 180 valence electrons. The SMILES string of the molecule is COc1ccc(C(=O)N(CC(C)C)C(C)c2nc3ccccc3c(=O)n2-c2ccccc2C)cc1. The summed E-state index contributed by atoms with van der Waals surface area (Å²) in [7, 11) is 1.60. The molecule has 0 fully saturated rings. The number of aromatic nitrogens is 2. The molecule has 0 saturated heterocycles. The second-order valence-electron chi connectivity index (χ2n) is 9.17. The van der Waals surface area contributed by atoms with E-state index in [2.05, 4.69) is 13.8 Å². The van der Waals surface area contributed by atoms with E-state index in [1.807, 2.05) is 56.3 Å². The standard InChI is InChI=1S/C29H31N3O3/c1-19(2)18-31(28(33)22-14-16-23(35-5)17-15-22)21(4)27-30-25-12-8-7-11-24(25)29(34)32(27)26-13-9-6-10-20(26)3/h6-17,19,21H,18H2,1-5H3. The largest absolute Gasteiger partial charge is 0.497 e. The molecular formula is C29H31N3O3. The zero-order chi connectivity index (χ0) is 25.1. The van der Waals surface area contributed by atoms with Crippen LogP contribution in [0.3, 0.4) is 0 Å². The van der Waals surface area contributed by atoms with Gasteiger partial charge in [0.25, 0.3) is 11.5 Å². The number of aryl methyl sites for hydroxylation is 1. The zero-order valence-corrected chi connectivity index (χ0v) is 20.9. The zero-order valence-electron chi connectivity index (χ0n) is 20.9. The van der Waals surface area contributed by atoms with Gasteiger partial charge < -0.3 is 9.64 Å².